The number of hydrogen-bond acceptors (Lipinski definition) is 3. The summed E-state index contributed by atoms with van der Waals surface area (Å²) in [5.74, 6) is 3.35. The topological polar surface area (TPSA) is 43.6 Å². The second kappa shape index (κ2) is 7.81. The van der Waals surface area contributed by atoms with Crippen molar-refractivity contribution in [1.82, 2.24) is 4.57 Å². The normalized spacial score (nSPS) is 11.6. The van der Waals surface area contributed by atoms with Gasteiger partial charge in [0.25, 0.3) is 0 Å². The molecule has 0 unspecified atom stereocenters. The van der Waals surface area contributed by atoms with E-state index in [2.05, 4.69) is 17.8 Å². The average Bonchev–Trinajstić information content (AvgIpc) is 2.83. The number of aromatic nitrogens is 1. The van der Waals surface area contributed by atoms with Crippen LogP contribution in [0.2, 0.25) is 0 Å². The molecule has 0 radical (unpaired) electrons. The second-order valence-corrected chi connectivity index (χ2v) is 5.86. The van der Waals surface area contributed by atoms with E-state index in [1.165, 1.54) is 11.3 Å². The Morgan fingerprint density at radius 3 is 2.95 bits per heavy atom. The van der Waals surface area contributed by atoms with Crippen molar-refractivity contribution in [2.75, 3.05) is 6.61 Å². The highest BCUT2D eigenvalue weighted by atomic mass is 32.1. The first-order chi connectivity index (χ1) is 10.7. The summed E-state index contributed by atoms with van der Waals surface area (Å²) in [7, 11) is 0. The maximum atomic E-state index is 11.9. The molecule has 1 aromatic carbocycles. The van der Waals surface area contributed by atoms with Gasteiger partial charge in [0.05, 0.1) is 23.4 Å². The number of carbonyl (C=O) groups is 1. The first kappa shape index (κ1) is 16.3. The van der Waals surface area contributed by atoms with Crippen LogP contribution in [0.3, 0.4) is 0 Å². The molecule has 1 aromatic heterocycles. The van der Waals surface area contributed by atoms with Gasteiger partial charge in [0.2, 0.25) is 5.91 Å². The molecule has 0 saturated heterocycles. The van der Waals surface area contributed by atoms with Crippen molar-refractivity contribution in [2.24, 2.45) is 4.99 Å². The summed E-state index contributed by atoms with van der Waals surface area (Å²) in [6.07, 6.45) is 7.77. The van der Waals surface area contributed by atoms with Crippen LogP contribution in [0, 0.1) is 12.3 Å². The van der Waals surface area contributed by atoms with Crippen LogP contribution in [0.1, 0.15) is 33.1 Å². The summed E-state index contributed by atoms with van der Waals surface area (Å²) in [6.45, 7) is 5.02. The fourth-order valence-electron chi connectivity index (χ4n) is 2.13. The Hall–Kier alpha value is -2.06. The molecule has 4 nitrogen and oxygen atoms in total. The van der Waals surface area contributed by atoms with Crippen LogP contribution in [-0.4, -0.2) is 17.1 Å². The quantitative estimate of drug-likeness (QED) is 0.767. The molecule has 0 aliphatic heterocycles. The lowest BCUT2D eigenvalue weighted by atomic mass is 10.2. The monoisotopic (exact) mass is 316 g/mol. The zero-order valence-electron chi connectivity index (χ0n) is 13.0. The summed E-state index contributed by atoms with van der Waals surface area (Å²) in [4.78, 5) is 16.8. The van der Waals surface area contributed by atoms with Crippen molar-refractivity contribution in [2.45, 2.75) is 39.7 Å². The highest BCUT2D eigenvalue weighted by Crippen LogP contribution is 2.23. The summed E-state index contributed by atoms with van der Waals surface area (Å²) >= 11 is 1.47. The van der Waals surface area contributed by atoms with Gasteiger partial charge in [-0.2, -0.15) is 4.99 Å². The van der Waals surface area contributed by atoms with Crippen LogP contribution in [-0.2, 0) is 11.3 Å². The fraction of sp³-hybridized carbons (Fsp3) is 0.412. The van der Waals surface area contributed by atoms with Crippen molar-refractivity contribution in [3.8, 4) is 18.1 Å². The van der Waals surface area contributed by atoms with E-state index in [1.807, 2.05) is 29.7 Å². The number of benzene rings is 1. The van der Waals surface area contributed by atoms with Gasteiger partial charge in [0, 0.05) is 6.42 Å². The molecule has 0 fully saturated rings. The molecular formula is C17H20N2O2S. The molecule has 0 aliphatic carbocycles. The minimum Gasteiger partial charge on any atom is -0.494 e. The molecule has 5 heteroatoms. The Kier molecular flexibility index (Phi) is 5.79. The van der Waals surface area contributed by atoms with E-state index >= 15 is 0 Å². The van der Waals surface area contributed by atoms with E-state index in [-0.39, 0.29) is 5.91 Å². The number of rotatable bonds is 6. The van der Waals surface area contributed by atoms with E-state index in [1.54, 1.807) is 0 Å². The number of unbranched alkanes of at least 4 members (excludes halogenated alkanes) is 1. The van der Waals surface area contributed by atoms with E-state index in [9.17, 15) is 4.79 Å². The number of fused-ring (bicyclic) bond motifs is 1. The first-order valence-corrected chi connectivity index (χ1v) is 8.28. The number of terminal acetylenes is 1. The lowest BCUT2D eigenvalue weighted by Gasteiger charge is -2.03. The minimum absolute atomic E-state index is 0.0933. The lowest BCUT2D eigenvalue weighted by Crippen LogP contribution is -2.16. The van der Waals surface area contributed by atoms with Crippen LogP contribution < -0.4 is 9.54 Å². The van der Waals surface area contributed by atoms with Crippen LogP contribution in [0.15, 0.2) is 23.2 Å². The molecule has 0 spiro atoms. The van der Waals surface area contributed by atoms with Gasteiger partial charge in [-0.25, -0.2) is 0 Å². The van der Waals surface area contributed by atoms with E-state index in [0.29, 0.717) is 24.4 Å². The largest absolute Gasteiger partial charge is 0.494 e. The standard InChI is InChI=1S/C17H20N2O2S/c1-4-7-8-16(20)18-17-19(11-5-2)14-10-9-13(21-6-3)12-15(14)22-17/h2,9-10,12H,4,6-8,11H2,1,3H3. The number of nitrogens with zero attached hydrogens (tertiary/aromatic N) is 2. The number of carbonyl (C=O) groups excluding carboxylic acids is 1. The summed E-state index contributed by atoms with van der Waals surface area (Å²) in [6, 6.07) is 5.84. The molecule has 1 heterocycles. The molecule has 2 rings (SSSR count). The highest BCUT2D eigenvalue weighted by Gasteiger charge is 2.08. The fourth-order valence-corrected chi connectivity index (χ4v) is 3.21. The van der Waals surface area contributed by atoms with E-state index < -0.39 is 0 Å². The predicted molar refractivity (Wildman–Crippen MR) is 89.9 cm³/mol. The summed E-state index contributed by atoms with van der Waals surface area (Å²) in [5, 5.41) is 0. The van der Waals surface area contributed by atoms with Crippen LogP contribution >= 0.6 is 11.3 Å². The number of thiazole rings is 1. The highest BCUT2D eigenvalue weighted by molar-refractivity contribution is 7.16. The molecule has 0 saturated carbocycles. The third kappa shape index (κ3) is 3.77. The molecule has 22 heavy (non-hydrogen) atoms. The Balaban J connectivity index is 2.48. The van der Waals surface area contributed by atoms with Gasteiger partial charge < -0.3 is 9.30 Å². The number of amides is 1. The summed E-state index contributed by atoms with van der Waals surface area (Å²) in [5.41, 5.74) is 0.980. The molecule has 2 aromatic rings. The van der Waals surface area contributed by atoms with E-state index in [0.717, 1.165) is 28.8 Å². The van der Waals surface area contributed by atoms with Gasteiger partial charge in [-0.05, 0) is 31.5 Å². The SMILES string of the molecule is C#CCn1c(=NC(=O)CCCC)sc2cc(OCC)ccc21. The minimum atomic E-state index is -0.0933. The Morgan fingerprint density at radius 1 is 1.45 bits per heavy atom. The number of hydrogen-bond donors (Lipinski definition) is 0. The molecule has 116 valence electrons. The zero-order valence-corrected chi connectivity index (χ0v) is 13.8. The van der Waals surface area contributed by atoms with E-state index in [4.69, 9.17) is 11.2 Å². The maximum absolute atomic E-state index is 11.9. The second-order valence-electron chi connectivity index (χ2n) is 4.85. The van der Waals surface area contributed by atoms with Crippen molar-refractivity contribution in [3.05, 3.63) is 23.0 Å². The first-order valence-electron chi connectivity index (χ1n) is 7.46. The van der Waals surface area contributed by atoms with Gasteiger partial charge in [-0.1, -0.05) is 30.6 Å². The molecular weight excluding hydrogens is 296 g/mol. The van der Waals surface area contributed by atoms with Gasteiger partial charge >= 0.3 is 0 Å². The smallest absolute Gasteiger partial charge is 0.248 e. The lowest BCUT2D eigenvalue weighted by molar-refractivity contribution is -0.118. The predicted octanol–water partition coefficient (Wildman–Crippen LogP) is 3.35. The Labute approximate surface area is 134 Å². The number of ether oxygens (including phenoxy) is 1. The maximum Gasteiger partial charge on any atom is 0.248 e. The molecule has 0 bridgehead atoms. The van der Waals surface area contributed by atoms with Gasteiger partial charge in [0.15, 0.2) is 4.80 Å². The average molecular weight is 316 g/mol. The van der Waals surface area contributed by atoms with Crippen molar-refractivity contribution in [3.63, 3.8) is 0 Å². The Bertz CT molecular complexity index is 765. The molecule has 1 amide bonds. The van der Waals surface area contributed by atoms with Crippen molar-refractivity contribution < 1.29 is 9.53 Å². The van der Waals surface area contributed by atoms with Crippen molar-refractivity contribution >= 4 is 27.5 Å². The summed E-state index contributed by atoms with van der Waals surface area (Å²) < 4.78 is 8.44. The Morgan fingerprint density at radius 2 is 2.27 bits per heavy atom. The third-order valence-electron chi connectivity index (χ3n) is 3.18. The van der Waals surface area contributed by atoms with Crippen LogP contribution in [0.25, 0.3) is 10.2 Å². The molecule has 0 atom stereocenters. The van der Waals surface area contributed by atoms with Gasteiger partial charge in [0.1, 0.15) is 5.75 Å². The third-order valence-corrected chi connectivity index (χ3v) is 4.22. The van der Waals surface area contributed by atoms with Crippen molar-refractivity contribution in [1.29, 1.82) is 0 Å². The molecule has 0 N–H and O–H groups in total. The zero-order chi connectivity index (χ0) is 15.9. The molecule has 0 aliphatic rings. The van der Waals surface area contributed by atoms with Crippen LogP contribution in [0.5, 0.6) is 5.75 Å². The van der Waals surface area contributed by atoms with Gasteiger partial charge in [-0.15, -0.1) is 6.42 Å². The van der Waals surface area contributed by atoms with Gasteiger partial charge in [-0.3, -0.25) is 4.79 Å². The van der Waals surface area contributed by atoms with Crippen LogP contribution in [0.4, 0.5) is 0 Å².